The van der Waals surface area contributed by atoms with Gasteiger partial charge in [0, 0.05) is 17.4 Å². The summed E-state index contributed by atoms with van der Waals surface area (Å²) < 4.78 is 5.60. The van der Waals surface area contributed by atoms with Crippen LogP contribution in [0.4, 0.5) is 0 Å². The summed E-state index contributed by atoms with van der Waals surface area (Å²) in [5, 5.41) is 1.22. The molecule has 0 saturated carbocycles. The molecule has 0 unspecified atom stereocenters. The summed E-state index contributed by atoms with van der Waals surface area (Å²) in [6.45, 7) is 4.34. The molecule has 0 spiro atoms. The van der Waals surface area contributed by atoms with E-state index in [1.54, 1.807) is 0 Å². The molecular formula is C17H16O. The van der Waals surface area contributed by atoms with Gasteiger partial charge in [-0.1, -0.05) is 36.4 Å². The fraction of sp³-hybridized carbons (Fsp3) is 0.176. The van der Waals surface area contributed by atoms with Crippen molar-refractivity contribution in [1.82, 2.24) is 0 Å². The minimum absolute atomic E-state index is 0.940. The Labute approximate surface area is 107 Å². The van der Waals surface area contributed by atoms with Gasteiger partial charge in [-0.25, -0.2) is 0 Å². The number of para-hydroxylation sites is 1. The Morgan fingerprint density at radius 2 is 1.61 bits per heavy atom. The van der Waals surface area contributed by atoms with Crippen molar-refractivity contribution >= 4 is 11.0 Å². The van der Waals surface area contributed by atoms with Crippen molar-refractivity contribution in [3.8, 4) is 0 Å². The van der Waals surface area contributed by atoms with Gasteiger partial charge in [0.2, 0.25) is 0 Å². The standard InChI is InChI=1S/C17H16O/c1-12-6-5-7-13(2)16(12)10-14-11-18-17-9-4-3-8-15(14)17/h3-9,11H,10H2,1-2H3. The Morgan fingerprint density at radius 3 is 2.39 bits per heavy atom. The van der Waals surface area contributed by atoms with Crippen LogP contribution in [-0.4, -0.2) is 0 Å². The number of benzene rings is 2. The van der Waals surface area contributed by atoms with Gasteiger partial charge in [-0.3, -0.25) is 0 Å². The number of furan rings is 1. The van der Waals surface area contributed by atoms with Crippen molar-refractivity contribution in [3.63, 3.8) is 0 Å². The van der Waals surface area contributed by atoms with Crippen LogP contribution in [0.2, 0.25) is 0 Å². The minimum atomic E-state index is 0.940. The molecule has 0 aliphatic rings. The van der Waals surface area contributed by atoms with E-state index in [1.165, 1.54) is 27.6 Å². The first-order chi connectivity index (χ1) is 8.75. The van der Waals surface area contributed by atoms with Crippen LogP contribution in [0.25, 0.3) is 11.0 Å². The summed E-state index contributed by atoms with van der Waals surface area (Å²) in [5.74, 6) is 0. The molecule has 0 atom stereocenters. The van der Waals surface area contributed by atoms with E-state index >= 15 is 0 Å². The lowest BCUT2D eigenvalue weighted by molar-refractivity contribution is 0.611. The predicted molar refractivity (Wildman–Crippen MR) is 74.9 cm³/mol. The maximum Gasteiger partial charge on any atom is 0.134 e. The van der Waals surface area contributed by atoms with Gasteiger partial charge < -0.3 is 4.42 Å². The first kappa shape index (κ1) is 11.1. The molecule has 1 heteroatoms. The van der Waals surface area contributed by atoms with Crippen LogP contribution in [0.15, 0.2) is 53.1 Å². The lowest BCUT2D eigenvalue weighted by Gasteiger charge is -2.08. The molecular weight excluding hydrogens is 220 g/mol. The molecule has 0 amide bonds. The number of hydrogen-bond donors (Lipinski definition) is 0. The average molecular weight is 236 g/mol. The minimum Gasteiger partial charge on any atom is -0.464 e. The van der Waals surface area contributed by atoms with Crippen molar-refractivity contribution < 1.29 is 4.42 Å². The summed E-state index contributed by atoms with van der Waals surface area (Å²) in [6.07, 6.45) is 2.83. The summed E-state index contributed by atoms with van der Waals surface area (Å²) >= 11 is 0. The molecule has 0 N–H and O–H groups in total. The van der Waals surface area contributed by atoms with Gasteiger partial charge in [0.05, 0.1) is 6.26 Å². The van der Waals surface area contributed by atoms with E-state index in [0.717, 1.165) is 12.0 Å². The van der Waals surface area contributed by atoms with Crippen LogP contribution < -0.4 is 0 Å². The molecule has 0 fully saturated rings. The molecule has 3 rings (SSSR count). The molecule has 0 aliphatic heterocycles. The van der Waals surface area contributed by atoms with Gasteiger partial charge >= 0.3 is 0 Å². The van der Waals surface area contributed by atoms with Gasteiger partial charge in [-0.2, -0.15) is 0 Å². The van der Waals surface area contributed by atoms with E-state index in [4.69, 9.17) is 4.42 Å². The zero-order chi connectivity index (χ0) is 12.5. The second kappa shape index (κ2) is 4.34. The third-order valence-corrected chi connectivity index (χ3v) is 3.57. The lowest BCUT2D eigenvalue weighted by atomic mass is 9.96. The van der Waals surface area contributed by atoms with Gasteiger partial charge in [0.15, 0.2) is 0 Å². The van der Waals surface area contributed by atoms with E-state index in [9.17, 15) is 0 Å². The van der Waals surface area contributed by atoms with E-state index in [0.29, 0.717) is 0 Å². The van der Waals surface area contributed by atoms with Gasteiger partial charge in [-0.05, 0) is 36.6 Å². The second-order valence-electron chi connectivity index (χ2n) is 4.80. The highest BCUT2D eigenvalue weighted by Crippen LogP contribution is 2.25. The number of fused-ring (bicyclic) bond motifs is 1. The van der Waals surface area contributed by atoms with Crippen LogP contribution in [0, 0.1) is 13.8 Å². The normalized spacial score (nSPS) is 11.0. The van der Waals surface area contributed by atoms with Crippen molar-refractivity contribution in [3.05, 3.63) is 71.0 Å². The van der Waals surface area contributed by atoms with Gasteiger partial charge in [0.25, 0.3) is 0 Å². The molecule has 3 aromatic rings. The largest absolute Gasteiger partial charge is 0.464 e. The highest BCUT2D eigenvalue weighted by atomic mass is 16.3. The molecule has 0 saturated heterocycles. The Balaban J connectivity index is 2.07. The molecule has 0 aliphatic carbocycles. The van der Waals surface area contributed by atoms with Crippen molar-refractivity contribution in [2.24, 2.45) is 0 Å². The van der Waals surface area contributed by atoms with Gasteiger partial charge in [0.1, 0.15) is 5.58 Å². The zero-order valence-corrected chi connectivity index (χ0v) is 10.7. The maximum absolute atomic E-state index is 5.60. The van der Waals surface area contributed by atoms with Crippen LogP contribution in [0.3, 0.4) is 0 Å². The van der Waals surface area contributed by atoms with Crippen molar-refractivity contribution in [2.75, 3.05) is 0 Å². The predicted octanol–water partition coefficient (Wildman–Crippen LogP) is 4.64. The Kier molecular flexibility index (Phi) is 2.67. The number of hydrogen-bond acceptors (Lipinski definition) is 1. The topological polar surface area (TPSA) is 13.1 Å². The van der Waals surface area contributed by atoms with Crippen LogP contribution in [-0.2, 0) is 6.42 Å². The first-order valence-corrected chi connectivity index (χ1v) is 6.26. The summed E-state index contributed by atoms with van der Waals surface area (Å²) in [7, 11) is 0. The van der Waals surface area contributed by atoms with Crippen LogP contribution >= 0.6 is 0 Å². The van der Waals surface area contributed by atoms with Crippen LogP contribution in [0.1, 0.15) is 22.3 Å². The Bertz CT molecular complexity index is 671. The van der Waals surface area contributed by atoms with Crippen LogP contribution in [0.5, 0.6) is 0 Å². The average Bonchev–Trinajstić information content (AvgIpc) is 2.77. The molecule has 90 valence electrons. The molecule has 1 aromatic heterocycles. The molecule has 2 aromatic carbocycles. The third kappa shape index (κ3) is 1.82. The van der Waals surface area contributed by atoms with Crippen molar-refractivity contribution in [2.45, 2.75) is 20.3 Å². The Hall–Kier alpha value is -2.02. The van der Waals surface area contributed by atoms with E-state index in [-0.39, 0.29) is 0 Å². The summed E-state index contributed by atoms with van der Waals surface area (Å²) in [5.41, 5.74) is 6.34. The van der Waals surface area contributed by atoms with Crippen molar-refractivity contribution in [1.29, 1.82) is 0 Å². The molecule has 0 bridgehead atoms. The zero-order valence-electron chi connectivity index (χ0n) is 10.7. The third-order valence-electron chi connectivity index (χ3n) is 3.57. The highest BCUT2D eigenvalue weighted by molar-refractivity contribution is 5.81. The van der Waals surface area contributed by atoms with Gasteiger partial charge in [-0.15, -0.1) is 0 Å². The Morgan fingerprint density at radius 1 is 0.889 bits per heavy atom. The quantitative estimate of drug-likeness (QED) is 0.631. The molecule has 1 heterocycles. The molecule has 18 heavy (non-hydrogen) atoms. The van der Waals surface area contributed by atoms with E-state index < -0.39 is 0 Å². The summed E-state index contributed by atoms with van der Waals surface area (Å²) in [6, 6.07) is 14.7. The second-order valence-corrected chi connectivity index (χ2v) is 4.80. The first-order valence-electron chi connectivity index (χ1n) is 6.26. The lowest BCUT2D eigenvalue weighted by Crippen LogP contribution is -1.94. The van der Waals surface area contributed by atoms with E-state index in [2.05, 4.69) is 44.2 Å². The number of rotatable bonds is 2. The van der Waals surface area contributed by atoms with E-state index in [1.807, 2.05) is 18.4 Å². The number of aryl methyl sites for hydroxylation is 2. The summed E-state index contributed by atoms with van der Waals surface area (Å²) in [4.78, 5) is 0. The fourth-order valence-corrected chi connectivity index (χ4v) is 2.49. The fourth-order valence-electron chi connectivity index (χ4n) is 2.49. The molecule has 0 radical (unpaired) electrons. The maximum atomic E-state index is 5.60. The SMILES string of the molecule is Cc1cccc(C)c1Cc1coc2ccccc12. The molecule has 1 nitrogen and oxygen atoms in total. The highest BCUT2D eigenvalue weighted by Gasteiger charge is 2.09. The smallest absolute Gasteiger partial charge is 0.134 e. The monoisotopic (exact) mass is 236 g/mol.